The van der Waals surface area contributed by atoms with Gasteiger partial charge < -0.3 is 15.2 Å². The number of aliphatic hydroxyl groups excluding tert-OH is 1. The van der Waals surface area contributed by atoms with Crippen molar-refractivity contribution in [1.29, 1.82) is 0 Å². The van der Waals surface area contributed by atoms with Gasteiger partial charge in [-0.25, -0.2) is 0 Å². The minimum Gasteiger partial charge on any atom is -0.389 e. The van der Waals surface area contributed by atoms with Crippen LogP contribution in [0.4, 0.5) is 0 Å². The minimum absolute atomic E-state index is 0.162. The summed E-state index contributed by atoms with van der Waals surface area (Å²) in [4.78, 5) is 12.0. The highest BCUT2D eigenvalue weighted by molar-refractivity contribution is 5.95. The van der Waals surface area contributed by atoms with Gasteiger partial charge in [-0.05, 0) is 31.4 Å². The molecule has 1 rings (SSSR count). The number of aryl methyl sites for hydroxylation is 2. The van der Waals surface area contributed by atoms with Gasteiger partial charge in [-0.2, -0.15) is 0 Å². The third kappa shape index (κ3) is 5.72. The van der Waals surface area contributed by atoms with Crippen molar-refractivity contribution in [3.63, 3.8) is 0 Å². The number of amides is 1. The largest absolute Gasteiger partial charge is 0.389 e. The summed E-state index contributed by atoms with van der Waals surface area (Å²) in [7, 11) is 0. The van der Waals surface area contributed by atoms with Gasteiger partial charge in [-0.1, -0.05) is 31.5 Å². The van der Waals surface area contributed by atoms with E-state index in [-0.39, 0.29) is 19.1 Å². The molecule has 2 N–H and O–H groups in total. The Morgan fingerprint density at radius 1 is 1.30 bits per heavy atom. The smallest absolute Gasteiger partial charge is 0.251 e. The SMILES string of the molecule is Cc1ccc(C(=O)NCC(O)COCC(C)C)c(C)c1. The first kappa shape index (κ1) is 16.7. The summed E-state index contributed by atoms with van der Waals surface area (Å²) in [6.45, 7) is 9.05. The number of carbonyl (C=O) groups is 1. The lowest BCUT2D eigenvalue weighted by Gasteiger charge is -2.14. The van der Waals surface area contributed by atoms with Crippen molar-refractivity contribution in [2.45, 2.75) is 33.8 Å². The highest BCUT2D eigenvalue weighted by Crippen LogP contribution is 2.10. The Hall–Kier alpha value is -1.39. The number of carbonyl (C=O) groups excluding carboxylic acids is 1. The first-order chi connectivity index (χ1) is 9.40. The second-order valence-electron chi connectivity index (χ2n) is 5.61. The maximum atomic E-state index is 12.0. The van der Waals surface area contributed by atoms with Gasteiger partial charge in [0.25, 0.3) is 5.91 Å². The predicted molar refractivity (Wildman–Crippen MR) is 79.9 cm³/mol. The van der Waals surface area contributed by atoms with Gasteiger partial charge in [0.2, 0.25) is 0 Å². The lowest BCUT2D eigenvalue weighted by atomic mass is 10.1. The number of rotatable bonds is 7. The van der Waals surface area contributed by atoms with Crippen molar-refractivity contribution in [2.24, 2.45) is 5.92 Å². The Balaban J connectivity index is 2.39. The van der Waals surface area contributed by atoms with Gasteiger partial charge in [0.15, 0.2) is 0 Å². The van der Waals surface area contributed by atoms with Gasteiger partial charge in [0, 0.05) is 18.7 Å². The molecule has 0 saturated heterocycles. The molecule has 0 radical (unpaired) electrons. The van der Waals surface area contributed by atoms with E-state index in [9.17, 15) is 9.90 Å². The standard InChI is InChI=1S/C16H25NO3/c1-11(2)9-20-10-14(18)8-17-16(19)15-6-5-12(3)7-13(15)4/h5-7,11,14,18H,8-10H2,1-4H3,(H,17,19). The summed E-state index contributed by atoms with van der Waals surface area (Å²) >= 11 is 0. The average Bonchev–Trinajstić information content (AvgIpc) is 2.35. The lowest BCUT2D eigenvalue weighted by molar-refractivity contribution is 0.0259. The fraction of sp³-hybridized carbons (Fsp3) is 0.562. The molecule has 1 atom stereocenters. The molecule has 0 bridgehead atoms. The van der Waals surface area contributed by atoms with E-state index < -0.39 is 6.10 Å². The summed E-state index contributed by atoms with van der Waals surface area (Å²) < 4.78 is 5.33. The van der Waals surface area contributed by atoms with Crippen LogP contribution < -0.4 is 5.32 Å². The monoisotopic (exact) mass is 279 g/mol. The molecule has 0 aliphatic heterocycles. The van der Waals surface area contributed by atoms with Gasteiger partial charge >= 0.3 is 0 Å². The average molecular weight is 279 g/mol. The summed E-state index contributed by atoms with van der Waals surface area (Å²) in [5.74, 6) is 0.275. The normalized spacial score (nSPS) is 12.5. The molecule has 20 heavy (non-hydrogen) atoms. The Morgan fingerprint density at radius 3 is 2.60 bits per heavy atom. The first-order valence-electron chi connectivity index (χ1n) is 7.01. The maximum Gasteiger partial charge on any atom is 0.251 e. The predicted octanol–water partition coefficient (Wildman–Crippen LogP) is 2.07. The van der Waals surface area contributed by atoms with Crippen LogP contribution in [0.1, 0.15) is 35.3 Å². The molecule has 4 heteroatoms. The van der Waals surface area contributed by atoms with Crippen molar-refractivity contribution in [3.8, 4) is 0 Å². The number of hydrogen-bond acceptors (Lipinski definition) is 3. The Morgan fingerprint density at radius 2 is 2.00 bits per heavy atom. The zero-order valence-electron chi connectivity index (χ0n) is 12.8. The molecule has 1 unspecified atom stereocenters. The van der Waals surface area contributed by atoms with Crippen molar-refractivity contribution < 1.29 is 14.6 Å². The molecule has 1 aromatic carbocycles. The Labute approximate surface area is 121 Å². The molecule has 0 fully saturated rings. The number of hydrogen-bond donors (Lipinski definition) is 2. The van der Waals surface area contributed by atoms with Crippen LogP contribution in [0.15, 0.2) is 18.2 Å². The van der Waals surface area contributed by atoms with Crippen molar-refractivity contribution in [3.05, 3.63) is 34.9 Å². The zero-order valence-corrected chi connectivity index (χ0v) is 12.8. The molecule has 0 spiro atoms. The molecule has 112 valence electrons. The zero-order chi connectivity index (χ0) is 15.1. The Bertz CT molecular complexity index is 443. The van der Waals surface area contributed by atoms with Crippen LogP contribution in [0, 0.1) is 19.8 Å². The molecule has 0 aliphatic carbocycles. The summed E-state index contributed by atoms with van der Waals surface area (Å²) in [6.07, 6.45) is -0.677. The molecule has 0 aromatic heterocycles. The van der Waals surface area contributed by atoms with Crippen LogP contribution >= 0.6 is 0 Å². The van der Waals surface area contributed by atoms with E-state index in [0.29, 0.717) is 18.1 Å². The van der Waals surface area contributed by atoms with Crippen LogP contribution in [0.3, 0.4) is 0 Å². The molecular weight excluding hydrogens is 254 g/mol. The van der Waals surface area contributed by atoms with Crippen molar-refractivity contribution >= 4 is 5.91 Å². The van der Waals surface area contributed by atoms with Crippen molar-refractivity contribution in [2.75, 3.05) is 19.8 Å². The minimum atomic E-state index is -0.677. The molecule has 1 aromatic rings. The molecule has 1 amide bonds. The molecule has 0 heterocycles. The Kier molecular flexibility index (Phi) is 6.68. The van der Waals surface area contributed by atoms with E-state index in [4.69, 9.17) is 4.74 Å². The van der Waals surface area contributed by atoms with Gasteiger partial charge in [0.1, 0.15) is 0 Å². The van der Waals surface area contributed by atoms with E-state index in [1.165, 1.54) is 0 Å². The quantitative estimate of drug-likeness (QED) is 0.803. The number of aliphatic hydroxyl groups is 1. The topological polar surface area (TPSA) is 58.6 Å². The van der Waals surface area contributed by atoms with Crippen molar-refractivity contribution in [1.82, 2.24) is 5.32 Å². The highest BCUT2D eigenvalue weighted by Gasteiger charge is 2.11. The van der Waals surface area contributed by atoms with E-state index in [0.717, 1.165) is 11.1 Å². The highest BCUT2D eigenvalue weighted by atomic mass is 16.5. The molecule has 0 aliphatic rings. The van der Waals surface area contributed by atoms with E-state index in [1.807, 2.05) is 45.9 Å². The van der Waals surface area contributed by atoms with Crippen LogP contribution in [0.5, 0.6) is 0 Å². The third-order valence-corrected chi connectivity index (χ3v) is 2.89. The van der Waals surface area contributed by atoms with Crippen LogP contribution in [-0.2, 0) is 4.74 Å². The first-order valence-corrected chi connectivity index (χ1v) is 7.01. The maximum absolute atomic E-state index is 12.0. The summed E-state index contributed by atoms with van der Waals surface area (Å²) in [5, 5.41) is 12.5. The second kappa shape index (κ2) is 8.02. The molecule has 4 nitrogen and oxygen atoms in total. The fourth-order valence-electron chi connectivity index (χ4n) is 1.87. The summed E-state index contributed by atoms with van der Waals surface area (Å²) in [5.41, 5.74) is 2.71. The van der Waals surface area contributed by atoms with Crippen LogP contribution in [0.25, 0.3) is 0 Å². The van der Waals surface area contributed by atoms with Gasteiger partial charge in [-0.15, -0.1) is 0 Å². The van der Waals surface area contributed by atoms with E-state index in [2.05, 4.69) is 5.32 Å². The second-order valence-corrected chi connectivity index (χ2v) is 5.61. The summed E-state index contributed by atoms with van der Waals surface area (Å²) in [6, 6.07) is 5.68. The number of benzene rings is 1. The number of nitrogens with one attached hydrogen (secondary N) is 1. The third-order valence-electron chi connectivity index (χ3n) is 2.89. The molecule has 0 saturated carbocycles. The number of ether oxygens (including phenoxy) is 1. The van der Waals surface area contributed by atoms with Gasteiger partial charge in [0.05, 0.1) is 12.7 Å². The lowest BCUT2D eigenvalue weighted by Crippen LogP contribution is -2.35. The van der Waals surface area contributed by atoms with E-state index in [1.54, 1.807) is 0 Å². The fourth-order valence-corrected chi connectivity index (χ4v) is 1.87. The van der Waals surface area contributed by atoms with Crippen LogP contribution in [-0.4, -0.2) is 36.9 Å². The van der Waals surface area contributed by atoms with E-state index >= 15 is 0 Å². The molecular formula is C16H25NO3. The van der Waals surface area contributed by atoms with Gasteiger partial charge in [-0.3, -0.25) is 4.79 Å². The van der Waals surface area contributed by atoms with Crippen LogP contribution in [0.2, 0.25) is 0 Å².